The number of hydrogen-bond donors (Lipinski definition) is 1. The van der Waals surface area contributed by atoms with Crippen molar-refractivity contribution in [3.8, 4) is 5.75 Å². The maximum Gasteiger partial charge on any atom is 0.255 e. The van der Waals surface area contributed by atoms with E-state index in [2.05, 4.69) is 5.32 Å². The molecular formula is C16H22ClNO2. The summed E-state index contributed by atoms with van der Waals surface area (Å²) in [5.41, 5.74) is 1.72. The molecule has 0 spiro atoms. The van der Waals surface area contributed by atoms with E-state index in [0.29, 0.717) is 23.7 Å². The van der Waals surface area contributed by atoms with Gasteiger partial charge < -0.3 is 10.1 Å². The summed E-state index contributed by atoms with van der Waals surface area (Å²) in [6, 6.07) is 5.63. The van der Waals surface area contributed by atoms with Crippen molar-refractivity contribution >= 4 is 17.5 Å². The molecule has 1 aliphatic carbocycles. The lowest BCUT2D eigenvalue weighted by Crippen LogP contribution is -2.37. The summed E-state index contributed by atoms with van der Waals surface area (Å²) in [5, 5.41) is 3.03. The van der Waals surface area contributed by atoms with Crippen LogP contribution in [0.1, 0.15) is 41.6 Å². The first-order valence-electron chi connectivity index (χ1n) is 7.09. The fraction of sp³-hybridized carbons (Fsp3) is 0.562. The molecule has 1 aliphatic rings. The van der Waals surface area contributed by atoms with Crippen molar-refractivity contribution in [1.82, 2.24) is 5.32 Å². The average Bonchev–Trinajstić information content (AvgIpc) is 2.94. The highest BCUT2D eigenvalue weighted by Crippen LogP contribution is 2.38. The van der Waals surface area contributed by atoms with Crippen LogP contribution in [0.25, 0.3) is 0 Å². The molecule has 20 heavy (non-hydrogen) atoms. The molecule has 2 rings (SSSR count). The number of carbonyl (C=O) groups is 1. The van der Waals surface area contributed by atoms with E-state index in [1.807, 2.05) is 25.1 Å². The first-order chi connectivity index (χ1) is 9.60. The molecule has 0 heterocycles. The highest BCUT2D eigenvalue weighted by molar-refractivity contribution is 6.18. The van der Waals surface area contributed by atoms with Crippen LogP contribution in [-0.4, -0.2) is 25.4 Å². The Hall–Kier alpha value is -1.22. The molecule has 1 N–H and O–H groups in total. The summed E-state index contributed by atoms with van der Waals surface area (Å²) in [7, 11) is 1.58. The second-order valence-corrected chi connectivity index (χ2v) is 5.99. The normalized spacial score (nSPS) is 16.9. The minimum Gasteiger partial charge on any atom is -0.496 e. The summed E-state index contributed by atoms with van der Waals surface area (Å²) in [5.74, 6) is 1.14. The Morgan fingerprint density at radius 1 is 1.40 bits per heavy atom. The van der Waals surface area contributed by atoms with E-state index in [0.717, 1.165) is 18.4 Å². The summed E-state index contributed by atoms with van der Waals surface area (Å²) in [6.07, 6.45) is 4.61. The maximum absolute atomic E-state index is 12.4. The monoisotopic (exact) mass is 295 g/mol. The third-order valence-corrected chi connectivity index (χ3v) is 4.74. The van der Waals surface area contributed by atoms with E-state index in [1.54, 1.807) is 7.11 Å². The number of ether oxygens (including phenoxy) is 1. The van der Waals surface area contributed by atoms with Gasteiger partial charge in [0, 0.05) is 17.8 Å². The molecule has 0 unspecified atom stereocenters. The van der Waals surface area contributed by atoms with E-state index in [9.17, 15) is 4.79 Å². The number of methoxy groups -OCH3 is 1. The van der Waals surface area contributed by atoms with Crippen molar-refractivity contribution in [3.63, 3.8) is 0 Å². The van der Waals surface area contributed by atoms with Gasteiger partial charge in [-0.1, -0.05) is 24.5 Å². The van der Waals surface area contributed by atoms with Gasteiger partial charge in [-0.2, -0.15) is 0 Å². The Bertz CT molecular complexity index is 481. The minimum absolute atomic E-state index is 0.0777. The number of nitrogens with one attached hydrogen (secondary N) is 1. The molecule has 3 nitrogen and oxygen atoms in total. The Morgan fingerprint density at radius 3 is 2.70 bits per heavy atom. The molecule has 1 aromatic rings. The molecule has 1 amide bonds. The maximum atomic E-state index is 12.4. The van der Waals surface area contributed by atoms with E-state index in [-0.39, 0.29) is 11.3 Å². The van der Waals surface area contributed by atoms with Crippen LogP contribution in [0.3, 0.4) is 0 Å². The van der Waals surface area contributed by atoms with Crippen molar-refractivity contribution in [3.05, 3.63) is 29.3 Å². The van der Waals surface area contributed by atoms with Crippen LogP contribution in [-0.2, 0) is 0 Å². The second-order valence-electron chi connectivity index (χ2n) is 5.73. The van der Waals surface area contributed by atoms with E-state index >= 15 is 0 Å². The number of halogens is 1. The number of aryl methyl sites for hydroxylation is 1. The number of carbonyl (C=O) groups excluding carboxylic acids is 1. The lowest BCUT2D eigenvalue weighted by molar-refractivity contribution is 0.0932. The lowest BCUT2D eigenvalue weighted by Gasteiger charge is -2.26. The zero-order valence-corrected chi connectivity index (χ0v) is 12.9. The number of hydrogen-bond acceptors (Lipinski definition) is 2. The Kier molecular flexibility index (Phi) is 4.92. The predicted molar refractivity (Wildman–Crippen MR) is 81.7 cm³/mol. The number of benzene rings is 1. The van der Waals surface area contributed by atoms with Gasteiger partial charge in [-0.25, -0.2) is 0 Å². The van der Waals surface area contributed by atoms with Gasteiger partial charge in [0.05, 0.1) is 12.7 Å². The van der Waals surface area contributed by atoms with Gasteiger partial charge in [0.2, 0.25) is 0 Å². The quantitative estimate of drug-likeness (QED) is 0.844. The highest BCUT2D eigenvalue weighted by Gasteiger charge is 2.33. The molecule has 0 radical (unpaired) electrons. The third kappa shape index (κ3) is 3.26. The van der Waals surface area contributed by atoms with Gasteiger partial charge >= 0.3 is 0 Å². The van der Waals surface area contributed by atoms with Gasteiger partial charge in [-0.15, -0.1) is 11.6 Å². The zero-order chi connectivity index (χ0) is 14.6. The molecule has 0 bridgehead atoms. The SMILES string of the molecule is COc1ccc(C)cc1C(=O)NCC1(CCl)CCCC1. The van der Waals surface area contributed by atoms with Crippen molar-refractivity contribution in [2.24, 2.45) is 5.41 Å². The molecule has 0 saturated heterocycles. The number of alkyl halides is 1. The van der Waals surface area contributed by atoms with Crippen LogP contribution in [0.15, 0.2) is 18.2 Å². The van der Waals surface area contributed by atoms with Gasteiger partial charge in [0.1, 0.15) is 5.75 Å². The van der Waals surface area contributed by atoms with Crippen molar-refractivity contribution in [1.29, 1.82) is 0 Å². The Labute approximate surface area is 125 Å². The highest BCUT2D eigenvalue weighted by atomic mass is 35.5. The molecule has 1 aromatic carbocycles. The van der Waals surface area contributed by atoms with Gasteiger partial charge in [0.25, 0.3) is 5.91 Å². The number of amides is 1. The molecule has 0 atom stereocenters. The van der Waals surface area contributed by atoms with Crippen molar-refractivity contribution in [2.75, 3.05) is 19.5 Å². The fourth-order valence-corrected chi connectivity index (χ4v) is 3.21. The Morgan fingerprint density at radius 2 is 2.10 bits per heavy atom. The standard InChI is InChI=1S/C16H22ClNO2/c1-12-5-6-14(20-2)13(9-12)15(19)18-11-16(10-17)7-3-4-8-16/h5-6,9H,3-4,7-8,10-11H2,1-2H3,(H,18,19). The van der Waals surface area contributed by atoms with Crippen molar-refractivity contribution < 1.29 is 9.53 Å². The second kappa shape index (κ2) is 6.49. The van der Waals surface area contributed by atoms with Gasteiger partial charge in [-0.05, 0) is 31.9 Å². The molecule has 1 saturated carbocycles. The third-order valence-electron chi connectivity index (χ3n) is 4.17. The topological polar surface area (TPSA) is 38.3 Å². The molecule has 0 aliphatic heterocycles. The summed E-state index contributed by atoms with van der Waals surface area (Å²) in [6.45, 7) is 2.61. The predicted octanol–water partition coefficient (Wildman–Crippen LogP) is 3.53. The summed E-state index contributed by atoms with van der Waals surface area (Å²) >= 11 is 6.10. The van der Waals surface area contributed by atoms with Crippen LogP contribution in [0.5, 0.6) is 5.75 Å². The molecule has 0 aromatic heterocycles. The first kappa shape index (κ1) is 15.2. The number of rotatable bonds is 5. The van der Waals surface area contributed by atoms with Gasteiger partial charge in [0.15, 0.2) is 0 Å². The summed E-state index contributed by atoms with van der Waals surface area (Å²) < 4.78 is 5.26. The molecule has 110 valence electrons. The first-order valence-corrected chi connectivity index (χ1v) is 7.62. The molecular weight excluding hydrogens is 274 g/mol. The molecule has 4 heteroatoms. The zero-order valence-electron chi connectivity index (χ0n) is 12.2. The lowest BCUT2D eigenvalue weighted by atomic mass is 9.88. The largest absolute Gasteiger partial charge is 0.496 e. The molecule has 1 fully saturated rings. The smallest absolute Gasteiger partial charge is 0.255 e. The van der Waals surface area contributed by atoms with Crippen LogP contribution in [0, 0.1) is 12.3 Å². The fourth-order valence-electron chi connectivity index (χ4n) is 2.84. The summed E-state index contributed by atoms with van der Waals surface area (Å²) in [4.78, 5) is 12.4. The van der Waals surface area contributed by atoms with E-state index in [4.69, 9.17) is 16.3 Å². The Balaban J connectivity index is 2.06. The average molecular weight is 296 g/mol. The van der Waals surface area contributed by atoms with Crippen molar-refractivity contribution in [2.45, 2.75) is 32.6 Å². The van der Waals surface area contributed by atoms with E-state index < -0.39 is 0 Å². The van der Waals surface area contributed by atoms with Gasteiger partial charge in [-0.3, -0.25) is 4.79 Å². The van der Waals surface area contributed by atoms with Crippen LogP contribution >= 0.6 is 11.6 Å². The van der Waals surface area contributed by atoms with Crippen LogP contribution < -0.4 is 10.1 Å². The van der Waals surface area contributed by atoms with Crippen LogP contribution in [0.2, 0.25) is 0 Å². The minimum atomic E-state index is -0.0815. The van der Waals surface area contributed by atoms with E-state index in [1.165, 1.54) is 12.8 Å². The van der Waals surface area contributed by atoms with Crippen LogP contribution in [0.4, 0.5) is 0 Å².